The van der Waals surface area contributed by atoms with Crippen LogP contribution in [-0.4, -0.2) is 110 Å². The van der Waals surface area contributed by atoms with E-state index >= 15 is 0 Å². The monoisotopic (exact) mass is 366 g/mol. The maximum atomic E-state index is 12.8. The van der Waals surface area contributed by atoms with Gasteiger partial charge in [-0.25, -0.2) is 0 Å². The summed E-state index contributed by atoms with van der Waals surface area (Å²) in [5, 5.41) is 0. The van der Waals surface area contributed by atoms with Crippen molar-refractivity contribution < 1.29 is 14.3 Å². The van der Waals surface area contributed by atoms with Crippen molar-refractivity contribution in [3.8, 4) is 0 Å². The van der Waals surface area contributed by atoms with Gasteiger partial charge in [-0.1, -0.05) is 12.8 Å². The largest absolute Gasteiger partial charge is 0.379 e. The molecule has 0 aromatic carbocycles. The van der Waals surface area contributed by atoms with Gasteiger partial charge in [0.2, 0.25) is 11.8 Å². The molecule has 3 fully saturated rings. The molecule has 7 heteroatoms. The van der Waals surface area contributed by atoms with Crippen molar-refractivity contribution >= 4 is 11.8 Å². The Bertz CT molecular complexity index is 467. The Morgan fingerprint density at radius 2 is 1.58 bits per heavy atom. The highest BCUT2D eigenvalue weighted by Gasteiger charge is 2.28. The van der Waals surface area contributed by atoms with Gasteiger partial charge >= 0.3 is 0 Å². The fraction of sp³-hybridized carbons (Fsp3) is 0.895. The molecule has 148 valence electrons. The van der Waals surface area contributed by atoms with E-state index in [-0.39, 0.29) is 11.8 Å². The molecule has 3 aliphatic rings. The number of piperazine rings is 1. The van der Waals surface area contributed by atoms with E-state index < -0.39 is 0 Å². The average molecular weight is 367 g/mol. The smallest absolute Gasteiger partial charge is 0.236 e. The predicted octanol–water partition coefficient (Wildman–Crippen LogP) is 0.254. The first kappa shape index (κ1) is 19.6. The zero-order valence-corrected chi connectivity index (χ0v) is 16.2. The maximum Gasteiger partial charge on any atom is 0.236 e. The molecule has 0 spiro atoms. The summed E-state index contributed by atoms with van der Waals surface area (Å²) in [5.41, 5.74) is 0. The number of carbonyl (C=O) groups excluding carboxylic acids is 2. The van der Waals surface area contributed by atoms with Gasteiger partial charge in [-0.15, -0.1) is 0 Å². The Hall–Kier alpha value is -1.18. The van der Waals surface area contributed by atoms with Gasteiger partial charge in [0.25, 0.3) is 0 Å². The second-order valence-corrected chi connectivity index (χ2v) is 7.75. The predicted molar refractivity (Wildman–Crippen MR) is 99.9 cm³/mol. The van der Waals surface area contributed by atoms with Crippen LogP contribution in [0, 0.1) is 0 Å². The van der Waals surface area contributed by atoms with Crippen LogP contribution < -0.4 is 0 Å². The summed E-state index contributed by atoms with van der Waals surface area (Å²) in [4.78, 5) is 32.9. The van der Waals surface area contributed by atoms with Crippen molar-refractivity contribution in [1.82, 2.24) is 19.6 Å². The minimum Gasteiger partial charge on any atom is -0.379 e. The fourth-order valence-electron chi connectivity index (χ4n) is 4.30. The fourth-order valence-corrected chi connectivity index (χ4v) is 4.30. The lowest BCUT2D eigenvalue weighted by Gasteiger charge is -2.37. The lowest BCUT2D eigenvalue weighted by molar-refractivity contribution is -0.139. The first-order valence-electron chi connectivity index (χ1n) is 10.2. The molecule has 0 aromatic rings. The molecule has 0 N–H and O–H groups in total. The molecule has 2 saturated heterocycles. The molecule has 3 rings (SSSR count). The number of hydrogen-bond acceptors (Lipinski definition) is 5. The average Bonchev–Trinajstić information content (AvgIpc) is 3.20. The lowest BCUT2D eigenvalue weighted by atomic mass is 10.2. The standard InChI is InChI=1S/C19H34N4O3/c1-17(24)21-8-10-22(11-9-21)19(25)16-23(18-4-2-3-5-18)7-6-20-12-14-26-15-13-20/h18H,2-16H2,1H3. The molecular formula is C19H34N4O3. The minimum atomic E-state index is 0.107. The number of carbonyl (C=O) groups is 2. The molecule has 1 aliphatic carbocycles. The normalized spacial score (nSPS) is 23.0. The van der Waals surface area contributed by atoms with Gasteiger partial charge in [-0.3, -0.25) is 19.4 Å². The second kappa shape index (κ2) is 9.67. The summed E-state index contributed by atoms with van der Waals surface area (Å²) in [7, 11) is 0. The Labute approximate surface area is 157 Å². The third-order valence-electron chi connectivity index (χ3n) is 6.06. The molecule has 2 aliphatic heterocycles. The highest BCUT2D eigenvalue weighted by molar-refractivity contribution is 5.79. The van der Waals surface area contributed by atoms with Crippen LogP contribution in [0.5, 0.6) is 0 Å². The van der Waals surface area contributed by atoms with Gasteiger partial charge in [-0.2, -0.15) is 0 Å². The van der Waals surface area contributed by atoms with Crippen molar-refractivity contribution in [1.29, 1.82) is 0 Å². The number of hydrogen-bond donors (Lipinski definition) is 0. The van der Waals surface area contributed by atoms with Gasteiger partial charge in [0.05, 0.1) is 19.8 Å². The first-order chi connectivity index (χ1) is 12.6. The van der Waals surface area contributed by atoms with Crippen LogP contribution in [-0.2, 0) is 14.3 Å². The molecule has 0 bridgehead atoms. The van der Waals surface area contributed by atoms with E-state index in [0.717, 1.165) is 39.4 Å². The second-order valence-electron chi connectivity index (χ2n) is 7.75. The summed E-state index contributed by atoms with van der Waals surface area (Å²) < 4.78 is 5.43. The van der Waals surface area contributed by atoms with Crippen LogP contribution in [0.1, 0.15) is 32.6 Å². The highest BCUT2D eigenvalue weighted by Crippen LogP contribution is 2.23. The van der Waals surface area contributed by atoms with Gasteiger partial charge in [-0.05, 0) is 12.8 Å². The number of morpholine rings is 1. The van der Waals surface area contributed by atoms with Crippen molar-refractivity contribution in [2.45, 2.75) is 38.6 Å². The molecule has 2 heterocycles. The van der Waals surface area contributed by atoms with E-state index in [1.165, 1.54) is 25.7 Å². The highest BCUT2D eigenvalue weighted by atomic mass is 16.5. The van der Waals surface area contributed by atoms with E-state index in [1.807, 2.05) is 9.80 Å². The molecule has 26 heavy (non-hydrogen) atoms. The van der Waals surface area contributed by atoms with Crippen LogP contribution in [0.3, 0.4) is 0 Å². The van der Waals surface area contributed by atoms with Crippen LogP contribution in [0.25, 0.3) is 0 Å². The van der Waals surface area contributed by atoms with E-state index in [0.29, 0.717) is 38.8 Å². The third-order valence-corrected chi connectivity index (χ3v) is 6.06. The Balaban J connectivity index is 1.49. The van der Waals surface area contributed by atoms with Crippen molar-refractivity contribution in [2.75, 3.05) is 72.1 Å². The molecule has 7 nitrogen and oxygen atoms in total. The number of nitrogens with zero attached hydrogens (tertiary/aromatic N) is 4. The summed E-state index contributed by atoms with van der Waals surface area (Å²) in [6.07, 6.45) is 5.00. The van der Waals surface area contributed by atoms with Crippen molar-refractivity contribution in [3.05, 3.63) is 0 Å². The maximum absolute atomic E-state index is 12.8. The SMILES string of the molecule is CC(=O)N1CCN(C(=O)CN(CCN2CCOCC2)C2CCCC2)CC1. The summed E-state index contributed by atoms with van der Waals surface area (Å²) in [6, 6.07) is 0.554. The van der Waals surface area contributed by atoms with Gasteiger partial charge in [0.1, 0.15) is 0 Å². The molecule has 0 atom stereocenters. The van der Waals surface area contributed by atoms with Crippen LogP contribution in [0.2, 0.25) is 0 Å². The topological polar surface area (TPSA) is 56.3 Å². The Morgan fingerprint density at radius 3 is 2.19 bits per heavy atom. The molecule has 0 radical (unpaired) electrons. The minimum absolute atomic E-state index is 0.107. The summed E-state index contributed by atoms with van der Waals surface area (Å²) in [5.74, 6) is 0.331. The molecular weight excluding hydrogens is 332 g/mol. The van der Waals surface area contributed by atoms with Crippen LogP contribution >= 0.6 is 0 Å². The molecule has 2 amide bonds. The Kier molecular flexibility index (Phi) is 7.28. The quantitative estimate of drug-likeness (QED) is 0.675. The van der Waals surface area contributed by atoms with E-state index in [9.17, 15) is 9.59 Å². The number of ether oxygens (including phenoxy) is 1. The first-order valence-corrected chi connectivity index (χ1v) is 10.2. The number of amides is 2. The van der Waals surface area contributed by atoms with Gasteiger partial charge < -0.3 is 14.5 Å². The third kappa shape index (κ3) is 5.41. The van der Waals surface area contributed by atoms with Crippen molar-refractivity contribution in [2.24, 2.45) is 0 Å². The molecule has 0 aromatic heterocycles. The van der Waals surface area contributed by atoms with Crippen LogP contribution in [0.4, 0.5) is 0 Å². The summed E-state index contributed by atoms with van der Waals surface area (Å²) in [6.45, 7) is 10.4. The molecule has 1 saturated carbocycles. The molecule has 0 unspecified atom stereocenters. The van der Waals surface area contributed by atoms with Crippen molar-refractivity contribution in [3.63, 3.8) is 0 Å². The van der Waals surface area contributed by atoms with Gasteiger partial charge in [0.15, 0.2) is 0 Å². The summed E-state index contributed by atoms with van der Waals surface area (Å²) >= 11 is 0. The number of rotatable bonds is 6. The zero-order valence-electron chi connectivity index (χ0n) is 16.2. The van der Waals surface area contributed by atoms with Crippen LogP contribution in [0.15, 0.2) is 0 Å². The van der Waals surface area contributed by atoms with E-state index in [1.54, 1.807) is 6.92 Å². The van der Waals surface area contributed by atoms with E-state index in [2.05, 4.69) is 9.80 Å². The zero-order chi connectivity index (χ0) is 18.4. The van der Waals surface area contributed by atoms with Gasteiger partial charge in [0, 0.05) is 65.3 Å². The lowest BCUT2D eigenvalue weighted by Crippen LogP contribution is -2.53. The van der Waals surface area contributed by atoms with E-state index in [4.69, 9.17) is 4.74 Å². The Morgan fingerprint density at radius 1 is 0.962 bits per heavy atom.